The van der Waals surface area contributed by atoms with E-state index in [1.807, 2.05) is 0 Å². The Balaban J connectivity index is 2.28. The first-order valence-corrected chi connectivity index (χ1v) is 7.77. The Morgan fingerprint density at radius 2 is 1.89 bits per heavy atom. The number of benzene rings is 1. The number of hydrogen-bond acceptors (Lipinski definition) is 1. The van der Waals surface area contributed by atoms with E-state index in [2.05, 4.69) is 56.5 Å². The number of rotatable bonds is 6. The van der Waals surface area contributed by atoms with E-state index >= 15 is 0 Å². The van der Waals surface area contributed by atoms with Crippen LogP contribution in [-0.2, 0) is 0 Å². The molecule has 1 heteroatoms. The van der Waals surface area contributed by atoms with Gasteiger partial charge in [0.05, 0.1) is 0 Å². The van der Waals surface area contributed by atoms with Crippen molar-refractivity contribution >= 4 is 5.69 Å². The predicted octanol–water partition coefficient (Wildman–Crippen LogP) is 5.48. The van der Waals surface area contributed by atoms with E-state index in [9.17, 15) is 0 Å². The normalized spacial score (nSPS) is 19.6. The van der Waals surface area contributed by atoms with Gasteiger partial charge in [-0.1, -0.05) is 64.8 Å². The maximum Gasteiger partial charge on any atom is 0.0450 e. The molecule has 1 aromatic rings. The highest BCUT2D eigenvalue weighted by Gasteiger charge is 2.32. The summed E-state index contributed by atoms with van der Waals surface area (Å²) in [6.07, 6.45) is 6.38. The highest BCUT2D eigenvalue weighted by Crippen LogP contribution is 2.44. The van der Waals surface area contributed by atoms with Crippen molar-refractivity contribution in [1.82, 2.24) is 0 Å². The molecule has 0 bridgehead atoms. The van der Waals surface area contributed by atoms with Crippen molar-refractivity contribution in [2.45, 2.75) is 64.8 Å². The smallest absolute Gasteiger partial charge is 0.0450 e. The van der Waals surface area contributed by atoms with Gasteiger partial charge in [-0.25, -0.2) is 0 Å². The van der Waals surface area contributed by atoms with E-state index in [0.29, 0.717) is 12.0 Å². The number of unbranched alkanes of at least 4 members (excludes halogenated alkanes) is 1. The lowest BCUT2D eigenvalue weighted by Gasteiger charge is -2.32. The lowest BCUT2D eigenvalue weighted by atomic mass is 10.0. The van der Waals surface area contributed by atoms with Gasteiger partial charge in [-0.05, 0) is 24.5 Å². The fourth-order valence-corrected chi connectivity index (χ4v) is 3.22. The van der Waals surface area contributed by atoms with Crippen LogP contribution in [0, 0.1) is 0 Å². The molecule has 2 atom stereocenters. The number of allylic oxidation sites excluding steroid dienone is 1. The minimum atomic E-state index is 0.470. The summed E-state index contributed by atoms with van der Waals surface area (Å²) in [5, 5.41) is 0. The molecule has 0 fully saturated rings. The van der Waals surface area contributed by atoms with Crippen molar-refractivity contribution in [3.63, 3.8) is 0 Å². The van der Waals surface area contributed by atoms with Crippen LogP contribution in [0.3, 0.4) is 0 Å². The molecule has 0 saturated carbocycles. The van der Waals surface area contributed by atoms with E-state index in [1.54, 1.807) is 0 Å². The summed E-state index contributed by atoms with van der Waals surface area (Å²) in [6, 6.07) is 9.45. The van der Waals surface area contributed by atoms with Gasteiger partial charge in [-0.3, -0.25) is 0 Å². The maximum absolute atomic E-state index is 4.37. The van der Waals surface area contributed by atoms with Gasteiger partial charge in [0, 0.05) is 23.3 Å². The molecule has 1 aliphatic rings. The van der Waals surface area contributed by atoms with Crippen LogP contribution in [0.1, 0.15) is 64.4 Å². The molecule has 19 heavy (non-hydrogen) atoms. The monoisotopic (exact) mass is 257 g/mol. The standard InChI is InChI=1S/C18H27N/c1-5-7-11-16(10-6-2)19-15(4)14(3)17-12-8-9-13-18(17)19/h8-9,12-14,16H,4-7,10-11H2,1-3H3. The second kappa shape index (κ2) is 6.27. The summed E-state index contributed by atoms with van der Waals surface area (Å²) >= 11 is 0. The molecule has 0 saturated heterocycles. The zero-order valence-corrected chi connectivity index (χ0v) is 12.7. The Morgan fingerprint density at radius 3 is 2.58 bits per heavy atom. The summed E-state index contributed by atoms with van der Waals surface area (Å²) in [5.41, 5.74) is 4.13. The van der Waals surface area contributed by atoms with E-state index in [4.69, 9.17) is 0 Å². The topological polar surface area (TPSA) is 3.24 Å². The largest absolute Gasteiger partial charge is 0.342 e. The van der Waals surface area contributed by atoms with Gasteiger partial charge in [0.1, 0.15) is 0 Å². The van der Waals surface area contributed by atoms with Crippen molar-refractivity contribution < 1.29 is 0 Å². The van der Waals surface area contributed by atoms with E-state index in [0.717, 1.165) is 0 Å². The van der Waals surface area contributed by atoms with Gasteiger partial charge < -0.3 is 4.90 Å². The molecule has 2 unspecified atom stereocenters. The summed E-state index contributed by atoms with van der Waals surface area (Å²) in [5.74, 6) is 0.470. The molecule has 1 aliphatic heterocycles. The molecule has 1 nitrogen and oxygen atoms in total. The van der Waals surface area contributed by atoms with Crippen molar-refractivity contribution in [2.75, 3.05) is 4.90 Å². The number of hydrogen-bond donors (Lipinski definition) is 0. The fourth-order valence-electron chi connectivity index (χ4n) is 3.22. The molecule has 0 amide bonds. The van der Waals surface area contributed by atoms with Crippen LogP contribution in [0.4, 0.5) is 5.69 Å². The van der Waals surface area contributed by atoms with Crippen LogP contribution in [0.5, 0.6) is 0 Å². The highest BCUT2D eigenvalue weighted by molar-refractivity contribution is 5.67. The van der Waals surface area contributed by atoms with Gasteiger partial charge in [-0.2, -0.15) is 0 Å². The molecule has 0 radical (unpaired) electrons. The van der Waals surface area contributed by atoms with Gasteiger partial charge >= 0.3 is 0 Å². The third-order valence-electron chi connectivity index (χ3n) is 4.35. The summed E-state index contributed by atoms with van der Waals surface area (Å²) in [7, 11) is 0. The zero-order valence-electron chi connectivity index (χ0n) is 12.7. The van der Waals surface area contributed by atoms with E-state index in [1.165, 1.54) is 49.1 Å². The van der Waals surface area contributed by atoms with Crippen LogP contribution >= 0.6 is 0 Å². The summed E-state index contributed by atoms with van der Waals surface area (Å²) in [4.78, 5) is 2.53. The first kappa shape index (κ1) is 14.2. The molecule has 1 aromatic carbocycles. The second-order valence-corrected chi connectivity index (χ2v) is 5.73. The maximum atomic E-state index is 4.37. The molecular formula is C18H27N. The average Bonchev–Trinajstić information content (AvgIpc) is 2.68. The minimum Gasteiger partial charge on any atom is -0.342 e. The molecule has 0 aliphatic carbocycles. The molecule has 0 aromatic heterocycles. The first-order chi connectivity index (χ1) is 9.20. The molecule has 2 rings (SSSR count). The van der Waals surface area contributed by atoms with Gasteiger partial charge in [-0.15, -0.1) is 0 Å². The summed E-state index contributed by atoms with van der Waals surface area (Å²) < 4.78 is 0. The van der Waals surface area contributed by atoms with Crippen LogP contribution in [0.2, 0.25) is 0 Å². The number of para-hydroxylation sites is 1. The van der Waals surface area contributed by atoms with Crippen LogP contribution in [-0.4, -0.2) is 6.04 Å². The Kier molecular flexibility index (Phi) is 4.68. The predicted molar refractivity (Wildman–Crippen MR) is 84.7 cm³/mol. The van der Waals surface area contributed by atoms with Crippen LogP contribution in [0.25, 0.3) is 0 Å². The Bertz CT molecular complexity index is 435. The molecule has 0 spiro atoms. The van der Waals surface area contributed by atoms with Gasteiger partial charge in [0.25, 0.3) is 0 Å². The third-order valence-corrected chi connectivity index (χ3v) is 4.35. The second-order valence-electron chi connectivity index (χ2n) is 5.73. The van der Waals surface area contributed by atoms with Crippen LogP contribution < -0.4 is 4.90 Å². The SMILES string of the molecule is C=C1C(C)c2ccccc2N1C(CCC)CCCC. The van der Waals surface area contributed by atoms with E-state index in [-0.39, 0.29) is 0 Å². The van der Waals surface area contributed by atoms with E-state index < -0.39 is 0 Å². The number of anilines is 1. The van der Waals surface area contributed by atoms with Gasteiger partial charge in [0.2, 0.25) is 0 Å². The number of fused-ring (bicyclic) bond motifs is 1. The summed E-state index contributed by atoms with van der Waals surface area (Å²) in [6.45, 7) is 11.2. The molecule has 104 valence electrons. The highest BCUT2D eigenvalue weighted by atomic mass is 15.2. The Labute approximate surface area is 118 Å². The zero-order chi connectivity index (χ0) is 13.8. The number of nitrogens with zero attached hydrogens (tertiary/aromatic N) is 1. The Morgan fingerprint density at radius 1 is 1.16 bits per heavy atom. The quantitative estimate of drug-likeness (QED) is 0.652. The average molecular weight is 257 g/mol. The fraction of sp³-hybridized carbons (Fsp3) is 0.556. The lowest BCUT2D eigenvalue weighted by Crippen LogP contribution is -2.32. The van der Waals surface area contributed by atoms with Crippen molar-refractivity contribution in [2.24, 2.45) is 0 Å². The van der Waals surface area contributed by atoms with Crippen molar-refractivity contribution in [3.8, 4) is 0 Å². The molecule has 1 heterocycles. The van der Waals surface area contributed by atoms with Gasteiger partial charge in [0.15, 0.2) is 0 Å². The minimum absolute atomic E-state index is 0.470. The molecular weight excluding hydrogens is 230 g/mol. The van der Waals surface area contributed by atoms with Crippen LogP contribution in [0.15, 0.2) is 36.5 Å². The lowest BCUT2D eigenvalue weighted by molar-refractivity contribution is 0.514. The first-order valence-electron chi connectivity index (χ1n) is 7.77. The van der Waals surface area contributed by atoms with Crippen molar-refractivity contribution in [1.29, 1.82) is 0 Å². The molecule has 0 N–H and O–H groups in total. The third kappa shape index (κ3) is 2.70. The van der Waals surface area contributed by atoms with Crippen molar-refractivity contribution in [3.05, 3.63) is 42.1 Å². The Hall–Kier alpha value is -1.24.